The third kappa shape index (κ3) is 1.02. The van der Waals surface area contributed by atoms with Crippen LogP contribution in [0.15, 0.2) is 30.5 Å². The Morgan fingerprint density at radius 2 is 1.93 bits per heavy atom. The van der Waals surface area contributed by atoms with Crippen LogP contribution in [-0.2, 0) is 5.41 Å². The topological polar surface area (TPSA) is 3.24 Å². The molecule has 1 nitrogen and oxygen atoms in total. The van der Waals surface area contributed by atoms with Crippen LogP contribution >= 0.6 is 0 Å². The number of nitrogens with zero attached hydrogens (tertiary/aromatic N) is 1. The van der Waals surface area contributed by atoms with Crippen LogP contribution in [0.5, 0.6) is 0 Å². The van der Waals surface area contributed by atoms with Gasteiger partial charge in [0, 0.05) is 23.8 Å². The number of fused-ring (bicyclic) bond motifs is 1. The first-order chi connectivity index (χ1) is 6.44. The lowest BCUT2D eigenvalue weighted by atomic mass is 9.84. The molecule has 0 atom stereocenters. The summed E-state index contributed by atoms with van der Waals surface area (Å²) in [6.07, 6.45) is 0. The smallest absolute Gasteiger partial charge is 0.0450 e. The molecular weight excluding hydrogens is 170 g/mol. The van der Waals surface area contributed by atoms with Gasteiger partial charge in [0.2, 0.25) is 0 Å². The van der Waals surface area contributed by atoms with Crippen LogP contribution in [-0.4, -0.2) is 7.05 Å². The highest BCUT2D eigenvalue weighted by molar-refractivity contribution is 5.69. The molecule has 1 aromatic carbocycles. The lowest BCUT2D eigenvalue weighted by Gasteiger charge is -2.22. The Morgan fingerprint density at radius 1 is 1.29 bits per heavy atom. The number of rotatable bonds is 0. The quantitative estimate of drug-likeness (QED) is 0.602. The minimum absolute atomic E-state index is 0.0811. The number of anilines is 1. The molecule has 0 fully saturated rings. The van der Waals surface area contributed by atoms with E-state index in [1.54, 1.807) is 0 Å². The summed E-state index contributed by atoms with van der Waals surface area (Å²) in [5.41, 5.74) is 5.26. The first-order valence-corrected chi connectivity index (χ1v) is 4.99. The Balaban J connectivity index is 2.68. The zero-order valence-corrected chi connectivity index (χ0v) is 9.39. The van der Waals surface area contributed by atoms with E-state index in [1.807, 2.05) is 0 Å². The van der Waals surface area contributed by atoms with E-state index in [0.29, 0.717) is 0 Å². The average Bonchev–Trinajstić information content (AvgIpc) is 2.28. The highest BCUT2D eigenvalue weighted by atomic mass is 15.1. The maximum absolute atomic E-state index is 4.16. The summed E-state index contributed by atoms with van der Waals surface area (Å²) >= 11 is 0. The SMILES string of the molecule is C=C1N(C)c2cc(C)ccc2C1(C)C. The summed E-state index contributed by atoms with van der Waals surface area (Å²) in [5, 5.41) is 0. The molecule has 0 spiro atoms. The summed E-state index contributed by atoms with van der Waals surface area (Å²) < 4.78 is 0. The van der Waals surface area contributed by atoms with Gasteiger partial charge < -0.3 is 4.90 Å². The highest BCUT2D eigenvalue weighted by Crippen LogP contribution is 2.46. The van der Waals surface area contributed by atoms with Gasteiger partial charge in [0.25, 0.3) is 0 Å². The van der Waals surface area contributed by atoms with Crippen molar-refractivity contribution in [1.29, 1.82) is 0 Å². The van der Waals surface area contributed by atoms with Gasteiger partial charge in [-0.25, -0.2) is 0 Å². The van der Waals surface area contributed by atoms with Gasteiger partial charge in [0.1, 0.15) is 0 Å². The van der Waals surface area contributed by atoms with Crippen molar-refractivity contribution >= 4 is 5.69 Å². The number of likely N-dealkylation sites (N-methyl/N-ethyl adjacent to an activating group) is 1. The maximum Gasteiger partial charge on any atom is 0.0450 e. The molecule has 0 saturated heterocycles. The number of aryl methyl sites for hydroxylation is 1. The van der Waals surface area contributed by atoms with E-state index in [-0.39, 0.29) is 5.41 Å². The van der Waals surface area contributed by atoms with Crippen molar-refractivity contribution in [2.75, 3.05) is 11.9 Å². The fourth-order valence-electron chi connectivity index (χ4n) is 2.17. The minimum atomic E-state index is 0.0811. The van der Waals surface area contributed by atoms with Crippen molar-refractivity contribution in [3.63, 3.8) is 0 Å². The van der Waals surface area contributed by atoms with Crippen LogP contribution in [0, 0.1) is 6.92 Å². The lowest BCUT2D eigenvalue weighted by Crippen LogP contribution is -2.21. The molecule has 0 amide bonds. The van der Waals surface area contributed by atoms with Crippen molar-refractivity contribution in [2.45, 2.75) is 26.2 Å². The third-order valence-corrected chi connectivity index (χ3v) is 3.31. The molecule has 0 bridgehead atoms. The maximum atomic E-state index is 4.16. The predicted molar refractivity (Wildman–Crippen MR) is 61.7 cm³/mol. The summed E-state index contributed by atoms with van der Waals surface area (Å²) in [6.45, 7) is 10.7. The molecule has 0 aromatic heterocycles. The van der Waals surface area contributed by atoms with Gasteiger partial charge in [-0.05, 0) is 24.1 Å². The van der Waals surface area contributed by atoms with Crippen LogP contribution in [0.2, 0.25) is 0 Å². The number of allylic oxidation sites excluding steroid dienone is 1. The number of hydrogen-bond acceptors (Lipinski definition) is 1. The Labute approximate surface area is 86.1 Å². The lowest BCUT2D eigenvalue weighted by molar-refractivity contribution is 0.643. The fourth-order valence-corrected chi connectivity index (χ4v) is 2.17. The van der Waals surface area contributed by atoms with E-state index in [0.717, 1.165) is 0 Å². The van der Waals surface area contributed by atoms with Gasteiger partial charge in [-0.3, -0.25) is 0 Å². The van der Waals surface area contributed by atoms with E-state index in [2.05, 4.69) is 57.5 Å². The molecule has 0 N–H and O–H groups in total. The summed E-state index contributed by atoms with van der Waals surface area (Å²) in [4.78, 5) is 2.20. The first kappa shape index (κ1) is 9.32. The molecule has 14 heavy (non-hydrogen) atoms. The first-order valence-electron chi connectivity index (χ1n) is 4.99. The normalized spacial score (nSPS) is 18.6. The monoisotopic (exact) mass is 187 g/mol. The van der Waals surface area contributed by atoms with Crippen LogP contribution in [0.4, 0.5) is 5.69 Å². The number of hydrogen-bond donors (Lipinski definition) is 0. The van der Waals surface area contributed by atoms with Crippen LogP contribution in [0.1, 0.15) is 25.0 Å². The second-order valence-corrected chi connectivity index (χ2v) is 4.65. The van der Waals surface area contributed by atoms with E-state index < -0.39 is 0 Å². The average molecular weight is 187 g/mol. The van der Waals surface area contributed by atoms with Gasteiger partial charge in [-0.15, -0.1) is 0 Å². The molecule has 0 unspecified atom stereocenters. The fraction of sp³-hybridized carbons (Fsp3) is 0.385. The minimum Gasteiger partial charge on any atom is -0.348 e. The Kier molecular flexibility index (Phi) is 1.75. The van der Waals surface area contributed by atoms with E-state index in [9.17, 15) is 0 Å². The molecule has 1 aromatic rings. The zero-order valence-electron chi connectivity index (χ0n) is 9.39. The summed E-state index contributed by atoms with van der Waals surface area (Å²) in [5.74, 6) is 0. The summed E-state index contributed by atoms with van der Waals surface area (Å²) in [6, 6.07) is 6.63. The van der Waals surface area contributed by atoms with Crippen LogP contribution in [0.25, 0.3) is 0 Å². The van der Waals surface area contributed by atoms with Crippen molar-refractivity contribution in [3.8, 4) is 0 Å². The second kappa shape index (κ2) is 2.63. The molecular formula is C13H17N. The van der Waals surface area contributed by atoms with Crippen LogP contribution in [0.3, 0.4) is 0 Å². The molecule has 1 heterocycles. The van der Waals surface area contributed by atoms with Crippen molar-refractivity contribution in [1.82, 2.24) is 0 Å². The van der Waals surface area contributed by atoms with E-state index in [1.165, 1.54) is 22.5 Å². The second-order valence-electron chi connectivity index (χ2n) is 4.65. The van der Waals surface area contributed by atoms with Gasteiger partial charge in [0.05, 0.1) is 0 Å². The van der Waals surface area contributed by atoms with Crippen LogP contribution < -0.4 is 4.90 Å². The molecule has 1 aliphatic rings. The predicted octanol–water partition coefficient (Wildman–Crippen LogP) is 3.24. The van der Waals surface area contributed by atoms with E-state index >= 15 is 0 Å². The Morgan fingerprint density at radius 3 is 2.57 bits per heavy atom. The van der Waals surface area contributed by atoms with Gasteiger partial charge in [-0.2, -0.15) is 0 Å². The molecule has 1 heteroatoms. The third-order valence-electron chi connectivity index (χ3n) is 3.31. The summed E-state index contributed by atoms with van der Waals surface area (Å²) in [7, 11) is 2.09. The molecule has 0 saturated carbocycles. The molecule has 2 rings (SSSR count). The zero-order chi connectivity index (χ0) is 10.5. The van der Waals surface area contributed by atoms with Crippen molar-refractivity contribution in [3.05, 3.63) is 41.6 Å². The Hall–Kier alpha value is -1.24. The van der Waals surface area contributed by atoms with E-state index in [4.69, 9.17) is 0 Å². The Bertz CT molecular complexity index is 402. The highest BCUT2D eigenvalue weighted by Gasteiger charge is 2.36. The van der Waals surface area contributed by atoms with Crippen molar-refractivity contribution in [2.24, 2.45) is 0 Å². The van der Waals surface area contributed by atoms with Gasteiger partial charge in [-0.1, -0.05) is 32.6 Å². The largest absolute Gasteiger partial charge is 0.348 e. The molecule has 74 valence electrons. The van der Waals surface area contributed by atoms with Gasteiger partial charge in [0.15, 0.2) is 0 Å². The molecule has 0 radical (unpaired) electrons. The number of benzene rings is 1. The molecule has 0 aliphatic carbocycles. The molecule has 1 aliphatic heterocycles. The van der Waals surface area contributed by atoms with Gasteiger partial charge >= 0.3 is 0 Å². The standard InChI is InChI=1S/C13H17N/c1-9-6-7-11-12(8-9)14(5)10(2)13(11,3)4/h6-8H,2H2,1,3-5H3. The van der Waals surface area contributed by atoms with Crippen molar-refractivity contribution < 1.29 is 0 Å².